The molecular weight excluding hydrogens is 421 g/mol. The SMILES string of the molecule is CCCC#CCOc1ccc(CCN=C(N)C(O)c2ccc(C(F)(F)F)cc2)cc1OC. The molecule has 0 aliphatic carbocycles. The number of halogens is 3. The normalized spacial score (nSPS) is 12.6. The molecule has 0 aliphatic rings. The van der Waals surface area contributed by atoms with Crippen LogP contribution >= 0.6 is 0 Å². The van der Waals surface area contributed by atoms with Crippen molar-refractivity contribution in [1.29, 1.82) is 0 Å². The molecular formula is C24H27F3N2O3. The van der Waals surface area contributed by atoms with Gasteiger partial charge in [0, 0.05) is 13.0 Å². The Balaban J connectivity index is 1.95. The molecule has 5 nitrogen and oxygen atoms in total. The van der Waals surface area contributed by atoms with Crippen molar-refractivity contribution in [2.75, 3.05) is 20.3 Å². The first kappa shape index (κ1) is 25.1. The van der Waals surface area contributed by atoms with Crippen molar-refractivity contribution in [3.63, 3.8) is 0 Å². The number of benzene rings is 2. The zero-order chi connectivity index (χ0) is 23.6. The van der Waals surface area contributed by atoms with Gasteiger partial charge in [-0.05, 0) is 48.2 Å². The maximum atomic E-state index is 12.7. The predicted octanol–water partition coefficient (Wildman–Crippen LogP) is 4.53. The fourth-order valence-electron chi connectivity index (χ4n) is 2.79. The van der Waals surface area contributed by atoms with E-state index in [0.717, 1.165) is 30.5 Å². The first-order valence-corrected chi connectivity index (χ1v) is 10.2. The van der Waals surface area contributed by atoms with Crippen LogP contribution < -0.4 is 15.2 Å². The highest BCUT2D eigenvalue weighted by Crippen LogP contribution is 2.30. The maximum absolute atomic E-state index is 12.7. The third-order valence-electron chi connectivity index (χ3n) is 4.56. The van der Waals surface area contributed by atoms with Gasteiger partial charge in [-0.25, -0.2) is 0 Å². The smallest absolute Gasteiger partial charge is 0.416 e. The Morgan fingerprint density at radius 1 is 1.12 bits per heavy atom. The second kappa shape index (κ2) is 12.0. The number of aliphatic imine (C=N–C) groups is 1. The molecule has 0 aliphatic heterocycles. The van der Waals surface area contributed by atoms with Gasteiger partial charge in [-0.1, -0.05) is 37.0 Å². The van der Waals surface area contributed by atoms with Crippen LogP contribution in [0, 0.1) is 11.8 Å². The molecule has 0 saturated heterocycles. The van der Waals surface area contributed by atoms with Crippen molar-refractivity contribution in [1.82, 2.24) is 0 Å². The highest BCUT2D eigenvalue weighted by atomic mass is 19.4. The molecule has 0 bridgehead atoms. The summed E-state index contributed by atoms with van der Waals surface area (Å²) in [5.74, 6) is 7.04. The van der Waals surface area contributed by atoms with Gasteiger partial charge in [-0.3, -0.25) is 4.99 Å². The molecule has 2 aromatic carbocycles. The summed E-state index contributed by atoms with van der Waals surface area (Å²) in [6, 6.07) is 9.66. The quantitative estimate of drug-likeness (QED) is 0.336. The number of nitrogens with two attached hydrogens (primary N) is 1. The lowest BCUT2D eigenvalue weighted by molar-refractivity contribution is -0.137. The molecule has 0 radical (unpaired) electrons. The lowest BCUT2D eigenvalue weighted by Crippen LogP contribution is -2.22. The van der Waals surface area contributed by atoms with Crippen molar-refractivity contribution < 1.29 is 27.8 Å². The molecule has 32 heavy (non-hydrogen) atoms. The fraction of sp³-hybridized carbons (Fsp3) is 0.375. The summed E-state index contributed by atoms with van der Waals surface area (Å²) < 4.78 is 49.0. The van der Waals surface area contributed by atoms with E-state index in [1.165, 1.54) is 12.1 Å². The molecule has 0 spiro atoms. The van der Waals surface area contributed by atoms with Gasteiger partial charge in [0.15, 0.2) is 11.5 Å². The van der Waals surface area contributed by atoms with E-state index in [1.54, 1.807) is 13.2 Å². The largest absolute Gasteiger partial charge is 0.493 e. The Hall–Kier alpha value is -3.18. The second-order valence-corrected chi connectivity index (χ2v) is 6.96. The number of aliphatic hydroxyl groups excluding tert-OH is 1. The minimum atomic E-state index is -4.44. The highest BCUT2D eigenvalue weighted by Gasteiger charge is 2.30. The van der Waals surface area contributed by atoms with Crippen LogP contribution in [0.1, 0.15) is 42.6 Å². The van der Waals surface area contributed by atoms with Gasteiger partial charge in [0.2, 0.25) is 0 Å². The van der Waals surface area contributed by atoms with Gasteiger partial charge in [0.25, 0.3) is 0 Å². The van der Waals surface area contributed by atoms with Crippen LogP contribution in [0.2, 0.25) is 0 Å². The molecule has 0 saturated carbocycles. The number of unbranched alkanes of at least 4 members (excludes halogenated alkanes) is 1. The van der Waals surface area contributed by atoms with E-state index in [9.17, 15) is 18.3 Å². The summed E-state index contributed by atoms with van der Waals surface area (Å²) in [5.41, 5.74) is 6.20. The van der Waals surface area contributed by atoms with Crippen molar-refractivity contribution >= 4 is 5.84 Å². The summed E-state index contributed by atoms with van der Waals surface area (Å²) in [7, 11) is 1.55. The van der Waals surface area contributed by atoms with E-state index in [4.69, 9.17) is 15.2 Å². The predicted molar refractivity (Wildman–Crippen MR) is 118 cm³/mol. The maximum Gasteiger partial charge on any atom is 0.416 e. The van der Waals surface area contributed by atoms with E-state index in [2.05, 4.69) is 23.8 Å². The molecule has 0 aromatic heterocycles. The monoisotopic (exact) mass is 448 g/mol. The lowest BCUT2D eigenvalue weighted by atomic mass is 10.1. The Morgan fingerprint density at radius 3 is 2.47 bits per heavy atom. The standard InChI is InChI=1S/C24H27F3N2O3/c1-3-4-5-6-15-32-20-12-7-17(16-21(20)31-2)13-14-29-23(28)22(30)18-8-10-19(11-9-18)24(25,26)27/h7-12,16,22,30H,3-4,13-15H2,1-2H3,(H2,28,29). The zero-order valence-electron chi connectivity index (χ0n) is 18.1. The van der Waals surface area contributed by atoms with Crippen LogP contribution in [0.4, 0.5) is 13.2 Å². The fourth-order valence-corrected chi connectivity index (χ4v) is 2.79. The number of nitrogens with zero attached hydrogens (tertiary/aromatic N) is 1. The average molecular weight is 448 g/mol. The molecule has 0 heterocycles. The molecule has 0 fully saturated rings. The van der Waals surface area contributed by atoms with Crippen LogP contribution in [0.3, 0.4) is 0 Å². The Kier molecular flexibility index (Phi) is 9.41. The number of amidine groups is 1. The molecule has 2 aromatic rings. The second-order valence-electron chi connectivity index (χ2n) is 6.96. The average Bonchev–Trinajstić information content (AvgIpc) is 2.78. The van der Waals surface area contributed by atoms with Crippen molar-refractivity contribution in [2.45, 2.75) is 38.5 Å². The van der Waals surface area contributed by atoms with Gasteiger partial charge in [-0.2, -0.15) is 13.2 Å². The van der Waals surface area contributed by atoms with Gasteiger partial charge in [0.05, 0.1) is 12.7 Å². The summed E-state index contributed by atoms with van der Waals surface area (Å²) in [5, 5.41) is 10.3. The van der Waals surface area contributed by atoms with Crippen LogP contribution in [0.25, 0.3) is 0 Å². The minimum absolute atomic E-state index is 0.0673. The topological polar surface area (TPSA) is 77.1 Å². The van der Waals surface area contributed by atoms with E-state index >= 15 is 0 Å². The zero-order valence-corrected chi connectivity index (χ0v) is 18.1. The van der Waals surface area contributed by atoms with Crippen molar-refractivity contribution in [2.24, 2.45) is 10.7 Å². The first-order chi connectivity index (χ1) is 15.3. The van der Waals surface area contributed by atoms with Crippen LogP contribution in [-0.2, 0) is 12.6 Å². The number of hydrogen-bond donors (Lipinski definition) is 2. The van der Waals surface area contributed by atoms with Gasteiger partial charge >= 0.3 is 6.18 Å². The highest BCUT2D eigenvalue weighted by molar-refractivity contribution is 5.85. The number of rotatable bonds is 9. The third-order valence-corrected chi connectivity index (χ3v) is 4.56. The third kappa shape index (κ3) is 7.50. The van der Waals surface area contributed by atoms with E-state index < -0.39 is 17.8 Å². The number of aliphatic hydroxyl groups is 1. The van der Waals surface area contributed by atoms with Gasteiger partial charge < -0.3 is 20.3 Å². The van der Waals surface area contributed by atoms with E-state index in [0.29, 0.717) is 17.9 Å². The van der Waals surface area contributed by atoms with Crippen LogP contribution in [0.5, 0.6) is 11.5 Å². The van der Waals surface area contributed by atoms with Crippen LogP contribution in [-0.4, -0.2) is 31.2 Å². The number of alkyl halides is 3. The van der Waals surface area contributed by atoms with Gasteiger partial charge in [0.1, 0.15) is 18.5 Å². The molecule has 1 unspecified atom stereocenters. The Bertz CT molecular complexity index is 961. The minimum Gasteiger partial charge on any atom is -0.493 e. The molecule has 172 valence electrons. The molecule has 1 atom stereocenters. The summed E-state index contributed by atoms with van der Waals surface area (Å²) in [6.45, 7) is 2.62. The van der Waals surface area contributed by atoms with Crippen LogP contribution in [0.15, 0.2) is 47.5 Å². The summed E-state index contributed by atoms with van der Waals surface area (Å²) in [6.07, 6.45) is -3.37. The van der Waals surface area contributed by atoms with Crippen molar-refractivity contribution in [3.05, 3.63) is 59.2 Å². The number of ether oxygens (including phenoxy) is 2. The van der Waals surface area contributed by atoms with Crippen molar-refractivity contribution in [3.8, 4) is 23.3 Å². The molecule has 0 amide bonds. The summed E-state index contributed by atoms with van der Waals surface area (Å²) >= 11 is 0. The lowest BCUT2D eigenvalue weighted by Gasteiger charge is -2.13. The Labute approximate surface area is 186 Å². The van der Waals surface area contributed by atoms with Gasteiger partial charge in [-0.15, -0.1) is 0 Å². The van der Waals surface area contributed by atoms with E-state index in [-0.39, 0.29) is 24.6 Å². The number of hydrogen-bond acceptors (Lipinski definition) is 4. The first-order valence-electron chi connectivity index (χ1n) is 10.2. The molecule has 8 heteroatoms. The number of methoxy groups -OCH3 is 1. The molecule has 3 N–H and O–H groups in total. The molecule has 2 rings (SSSR count). The van der Waals surface area contributed by atoms with E-state index in [1.807, 2.05) is 12.1 Å². The Morgan fingerprint density at radius 2 is 1.84 bits per heavy atom. The summed E-state index contributed by atoms with van der Waals surface area (Å²) in [4.78, 5) is 4.15.